The molecule has 0 spiro atoms. The third kappa shape index (κ3) is 4.21. The van der Waals surface area contributed by atoms with Crippen molar-refractivity contribution in [3.63, 3.8) is 0 Å². The number of aromatic nitrogens is 1. The Labute approximate surface area is 192 Å². The Kier molecular flexibility index (Phi) is 5.83. The number of anilines is 2. The summed E-state index contributed by atoms with van der Waals surface area (Å²) in [4.78, 5) is 36.1. The number of benzene rings is 2. The molecule has 1 amide bonds. The van der Waals surface area contributed by atoms with Crippen LogP contribution < -0.4 is 9.80 Å². The maximum Gasteiger partial charge on any atom is 0.225 e. The van der Waals surface area contributed by atoms with Crippen LogP contribution in [0.5, 0.6) is 0 Å². The van der Waals surface area contributed by atoms with Gasteiger partial charge in [-0.1, -0.05) is 23.5 Å². The highest BCUT2D eigenvalue weighted by molar-refractivity contribution is 7.22. The van der Waals surface area contributed by atoms with Gasteiger partial charge in [-0.05, 0) is 56.2 Å². The number of rotatable bonds is 4. The summed E-state index contributed by atoms with van der Waals surface area (Å²) in [5, 5.41) is 1.07. The van der Waals surface area contributed by atoms with Gasteiger partial charge in [-0.15, -0.1) is 0 Å². The van der Waals surface area contributed by atoms with Crippen molar-refractivity contribution < 1.29 is 9.59 Å². The molecule has 3 heterocycles. The Morgan fingerprint density at radius 3 is 2.22 bits per heavy atom. The van der Waals surface area contributed by atoms with Gasteiger partial charge >= 0.3 is 0 Å². The number of para-hydroxylation sites is 1. The third-order valence-electron chi connectivity index (χ3n) is 6.63. The molecule has 0 bridgehead atoms. The van der Waals surface area contributed by atoms with Crippen LogP contribution >= 0.6 is 11.3 Å². The summed E-state index contributed by atoms with van der Waals surface area (Å²) in [6, 6.07) is 16.0. The van der Waals surface area contributed by atoms with E-state index in [0.29, 0.717) is 5.91 Å². The number of carbonyl (C=O) groups excluding carboxylic acids is 2. The first-order valence-electron chi connectivity index (χ1n) is 11.3. The van der Waals surface area contributed by atoms with Gasteiger partial charge in [0.25, 0.3) is 0 Å². The van der Waals surface area contributed by atoms with Crippen molar-refractivity contribution in [2.24, 2.45) is 5.92 Å². The molecule has 7 heteroatoms. The quantitative estimate of drug-likeness (QED) is 0.564. The van der Waals surface area contributed by atoms with Gasteiger partial charge in [-0.3, -0.25) is 9.59 Å². The number of amides is 1. The van der Waals surface area contributed by atoms with E-state index in [4.69, 9.17) is 4.98 Å². The molecule has 6 nitrogen and oxygen atoms in total. The molecule has 2 aromatic carbocycles. The van der Waals surface area contributed by atoms with Crippen LogP contribution in [0.2, 0.25) is 0 Å². The molecule has 0 radical (unpaired) electrons. The van der Waals surface area contributed by atoms with E-state index in [1.807, 2.05) is 35.2 Å². The van der Waals surface area contributed by atoms with Crippen molar-refractivity contribution in [1.29, 1.82) is 0 Å². The molecule has 2 aliphatic rings. The summed E-state index contributed by atoms with van der Waals surface area (Å²) in [5.74, 6) is 0.503. The number of piperidine rings is 1. The first-order valence-corrected chi connectivity index (χ1v) is 12.2. The molecule has 0 N–H and O–H groups in total. The van der Waals surface area contributed by atoms with Crippen molar-refractivity contribution in [1.82, 2.24) is 9.88 Å². The average molecular weight is 449 g/mol. The molecule has 166 valence electrons. The SMILES string of the molecule is CC(=O)c1ccc(N2CCN(C(=O)C3CCN(c4nc5ccccc5s4)CC3)CC2)cc1. The molecule has 0 saturated carbocycles. The lowest BCUT2D eigenvalue weighted by atomic mass is 9.95. The van der Waals surface area contributed by atoms with Gasteiger partial charge in [-0.2, -0.15) is 0 Å². The van der Waals surface area contributed by atoms with E-state index in [1.54, 1.807) is 18.3 Å². The summed E-state index contributed by atoms with van der Waals surface area (Å²) in [6.45, 7) is 6.53. The van der Waals surface area contributed by atoms with Crippen LogP contribution in [-0.2, 0) is 4.79 Å². The van der Waals surface area contributed by atoms with Gasteiger partial charge in [0, 0.05) is 56.4 Å². The minimum Gasteiger partial charge on any atom is -0.368 e. The fraction of sp³-hybridized carbons (Fsp3) is 0.400. The number of carbonyl (C=O) groups is 2. The minimum absolute atomic E-state index is 0.0844. The average Bonchev–Trinajstić information content (AvgIpc) is 3.28. The minimum atomic E-state index is 0.0844. The van der Waals surface area contributed by atoms with E-state index < -0.39 is 0 Å². The predicted molar refractivity (Wildman–Crippen MR) is 130 cm³/mol. The number of thiazole rings is 1. The van der Waals surface area contributed by atoms with E-state index in [9.17, 15) is 9.59 Å². The predicted octanol–water partition coefficient (Wildman–Crippen LogP) is 4.06. The number of hydrogen-bond acceptors (Lipinski definition) is 6. The highest BCUT2D eigenvalue weighted by Gasteiger charge is 2.31. The van der Waals surface area contributed by atoms with Gasteiger partial charge in [0.15, 0.2) is 10.9 Å². The number of ketones is 1. The van der Waals surface area contributed by atoms with Crippen LogP contribution in [0, 0.1) is 5.92 Å². The standard InChI is InChI=1S/C25H28N4O2S/c1-18(30)19-6-8-21(9-7-19)27-14-16-28(17-15-27)24(31)20-10-12-29(13-11-20)25-26-22-4-2-3-5-23(22)32-25/h2-9,20H,10-17H2,1H3. The first-order chi connectivity index (χ1) is 15.6. The second kappa shape index (κ2) is 8.90. The molecule has 2 saturated heterocycles. The van der Waals surface area contributed by atoms with Gasteiger partial charge in [0.1, 0.15) is 0 Å². The van der Waals surface area contributed by atoms with Crippen LogP contribution in [0.3, 0.4) is 0 Å². The molecule has 3 aromatic rings. The Hall–Kier alpha value is -2.93. The van der Waals surface area contributed by atoms with Gasteiger partial charge in [-0.25, -0.2) is 4.98 Å². The second-order valence-corrected chi connectivity index (χ2v) is 9.65. The number of hydrogen-bond donors (Lipinski definition) is 0. The largest absolute Gasteiger partial charge is 0.368 e. The molecule has 0 unspecified atom stereocenters. The summed E-state index contributed by atoms with van der Waals surface area (Å²) < 4.78 is 1.22. The maximum atomic E-state index is 13.1. The molecule has 32 heavy (non-hydrogen) atoms. The highest BCUT2D eigenvalue weighted by atomic mass is 32.1. The maximum absolute atomic E-state index is 13.1. The molecular formula is C25H28N4O2S. The number of nitrogens with zero attached hydrogens (tertiary/aromatic N) is 4. The Morgan fingerprint density at radius 2 is 1.56 bits per heavy atom. The van der Waals surface area contributed by atoms with Crippen molar-refractivity contribution in [2.75, 3.05) is 49.1 Å². The fourth-order valence-electron chi connectivity index (χ4n) is 4.66. The van der Waals surface area contributed by atoms with Crippen LogP contribution in [0.1, 0.15) is 30.1 Å². The molecule has 0 atom stereocenters. The van der Waals surface area contributed by atoms with Crippen molar-refractivity contribution in [3.05, 3.63) is 54.1 Å². The van der Waals surface area contributed by atoms with E-state index in [2.05, 4.69) is 28.0 Å². The van der Waals surface area contributed by atoms with Crippen LogP contribution in [0.15, 0.2) is 48.5 Å². The molecule has 0 aliphatic carbocycles. The summed E-state index contributed by atoms with van der Waals surface area (Å²) in [7, 11) is 0. The van der Waals surface area contributed by atoms with E-state index in [0.717, 1.165) is 74.0 Å². The lowest BCUT2D eigenvalue weighted by Gasteiger charge is -2.39. The van der Waals surface area contributed by atoms with Crippen LogP contribution in [0.25, 0.3) is 10.2 Å². The highest BCUT2D eigenvalue weighted by Crippen LogP contribution is 2.32. The topological polar surface area (TPSA) is 56.8 Å². The van der Waals surface area contributed by atoms with Gasteiger partial charge < -0.3 is 14.7 Å². The Balaban J connectivity index is 1.14. The van der Waals surface area contributed by atoms with Crippen LogP contribution in [-0.4, -0.2) is 60.8 Å². The van der Waals surface area contributed by atoms with Crippen molar-refractivity contribution in [3.8, 4) is 0 Å². The van der Waals surface area contributed by atoms with Crippen molar-refractivity contribution in [2.45, 2.75) is 19.8 Å². The van der Waals surface area contributed by atoms with E-state index >= 15 is 0 Å². The van der Waals surface area contributed by atoms with Gasteiger partial charge in [0.2, 0.25) is 5.91 Å². The van der Waals surface area contributed by atoms with Gasteiger partial charge in [0.05, 0.1) is 10.2 Å². The zero-order valence-corrected chi connectivity index (χ0v) is 19.2. The zero-order valence-electron chi connectivity index (χ0n) is 18.4. The first kappa shape index (κ1) is 20.9. The smallest absolute Gasteiger partial charge is 0.225 e. The summed E-state index contributed by atoms with van der Waals surface area (Å²) >= 11 is 1.74. The lowest BCUT2D eigenvalue weighted by Crippen LogP contribution is -2.51. The van der Waals surface area contributed by atoms with Crippen molar-refractivity contribution >= 4 is 44.1 Å². The normalized spacial score (nSPS) is 17.7. The number of Topliss-reactive ketones (excluding diaryl/α,β-unsaturated/α-hetero) is 1. The fourth-order valence-corrected chi connectivity index (χ4v) is 5.68. The number of piperazine rings is 1. The molecule has 2 fully saturated rings. The van der Waals surface area contributed by atoms with E-state index in [-0.39, 0.29) is 11.7 Å². The second-order valence-electron chi connectivity index (χ2n) is 8.64. The summed E-state index contributed by atoms with van der Waals surface area (Å²) in [5.41, 5.74) is 2.91. The summed E-state index contributed by atoms with van der Waals surface area (Å²) in [6.07, 6.45) is 1.78. The molecule has 5 rings (SSSR count). The van der Waals surface area contributed by atoms with Crippen LogP contribution in [0.4, 0.5) is 10.8 Å². The zero-order chi connectivity index (χ0) is 22.1. The van der Waals surface area contributed by atoms with E-state index in [1.165, 1.54) is 4.70 Å². The number of fused-ring (bicyclic) bond motifs is 1. The Bertz CT molecular complexity index is 1080. The molecule has 2 aliphatic heterocycles. The lowest BCUT2D eigenvalue weighted by molar-refractivity contribution is -0.136. The third-order valence-corrected chi connectivity index (χ3v) is 7.72. The molecule has 1 aromatic heterocycles. The Morgan fingerprint density at radius 1 is 0.875 bits per heavy atom. The molecular weight excluding hydrogens is 420 g/mol. The monoisotopic (exact) mass is 448 g/mol.